The predicted octanol–water partition coefficient (Wildman–Crippen LogP) is 15.8. The van der Waals surface area contributed by atoms with Crippen molar-refractivity contribution in [1.29, 1.82) is 0 Å². The first-order valence-corrected chi connectivity index (χ1v) is 20.1. The molecule has 0 N–H and O–H groups in total. The Balaban J connectivity index is 0.973. The minimum atomic E-state index is 0.591. The summed E-state index contributed by atoms with van der Waals surface area (Å²) < 4.78 is 19.6. The largest absolute Gasteiger partial charge is 0.455 e. The molecule has 0 bridgehead atoms. The molecule has 3 heterocycles. The lowest BCUT2D eigenvalue weighted by Gasteiger charge is -2.26. The molecule has 0 radical (unpaired) electrons. The number of para-hydroxylation sites is 3. The van der Waals surface area contributed by atoms with Crippen LogP contribution in [-0.4, -0.2) is 4.98 Å². The van der Waals surface area contributed by atoms with Crippen molar-refractivity contribution in [3.05, 3.63) is 206 Å². The molecule has 12 rings (SSSR count). The van der Waals surface area contributed by atoms with Gasteiger partial charge in [-0.25, -0.2) is 4.98 Å². The van der Waals surface area contributed by atoms with Crippen LogP contribution >= 0.6 is 0 Å². The van der Waals surface area contributed by atoms with E-state index in [1.807, 2.05) is 60.7 Å². The van der Waals surface area contributed by atoms with E-state index in [0.29, 0.717) is 5.89 Å². The normalized spacial score (nSPS) is 11.7. The van der Waals surface area contributed by atoms with Gasteiger partial charge in [0.15, 0.2) is 5.58 Å². The second-order valence-electron chi connectivity index (χ2n) is 15.1. The number of oxazole rings is 1. The van der Waals surface area contributed by atoms with Crippen LogP contribution in [0.4, 0.5) is 17.1 Å². The van der Waals surface area contributed by atoms with Gasteiger partial charge >= 0.3 is 0 Å². The summed E-state index contributed by atoms with van der Waals surface area (Å²) in [5, 5.41) is 4.15. The average molecular weight is 771 g/mol. The molecule has 12 aromatic rings. The number of fused-ring (bicyclic) bond motifs is 8. The zero-order valence-corrected chi connectivity index (χ0v) is 32.2. The molecule has 60 heavy (non-hydrogen) atoms. The van der Waals surface area contributed by atoms with E-state index in [1.54, 1.807) is 0 Å². The van der Waals surface area contributed by atoms with E-state index >= 15 is 0 Å². The van der Waals surface area contributed by atoms with Crippen molar-refractivity contribution < 1.29 is 13.3 Å². The van der Waals surface area contributed by atoms with Crippen LogP contribution in [0.3, 0.4) is 0 Å². The minimum absolute atomic E-state index is 0.591. The monoisotopic (exact) mass is 770 g/mol. The average Bonchev–Trinajstić information content (AvgIpc) is 4.04. The lowest BCUT2D eigenvalue weighted by Crippen LogP contribution is -2.10. The summed E-state index contributed by atoms with van der Waals surface area (Å²) in [6.45, 7) is 0. The molecule has 3 aromatic heterocycles. The van der Waals surface area contributed by atoms with Gasteiger partial charge in [0.2, 0.25) is 5.89 Å². The Hall–Kier alpha value is -8.15. The van der Waals surface area contributed by atoms with Gasteiger partial charge in [0.1, 0.15) is 27.8 Å². The summed E-state index contributed by atoms with van der Waals surface area (Å²) >= 11 is 0. The number of anilines is 3. The van der Waals surface area contributed by atoms with Crippen LogP contribution < -0.4 is 4.90 Å². The fraction of sp³-hybridized carbons (Fsp3) is 0. The van der Waals surface area contributed by atoms with Crippen molar-refractivity contribution in [3.8, 4) is 44.8 Å². The first-order chi connectivity index (χ1) is 29.7. The van der Waals surface area contributed by atoms with Crippen molar-refractivity contribution in [2.75, 3.05) is 4.90 Å². The molecule has 0 saturated heterocycles. The van der Waals surface area contributed by atoms with Gasteiger partial charge in [-0.15, -0.1) is 0 Å². The van der Waals surface area contributed by atoms with Crippen molar-refractivity contribution in [3.63, 3.8) is 0 Å². The van der Waals surface area contributed by atoms with E-state index in [1.165, 1.54) is 5.56 Å². The van der Waals surface area contributed by atoms with Crippen LogP contribution in [0.5, 0.6) is 0 Å². The van der Waals surface area contributed by atoms with Gasteiger partial charge in [-0.3, -0.25) is 0 Å². The number of rotatable bonds is 7. The van der Waals surface area contributed by atoms with Crippen LogP contribution in [0, 0.1) is 0 Å². The van der Waals surface area contributed by atoms with Crippen LogP contribution in [-0.2, 0) is 0 Å². The Bertz CT molecular complexity index is 3530. The standard InChI is InChI=1S/C55H34N2O3/c1-3-12-35(13-4-1)36-24-28-40(29-25-36)57(41-30-26-37(27-31-41)43-19-10-21-46-45-18-7-8-23-49(45)58-52(43)46)42-17-9-16-39(34-42)44-20-11-22-47-51-50(59-53(44)47)33-32-48-54(51)60-55(56-48)38-14-5-2-6-15-38/h1-34H. The molecule has 0 fully saturated rings. The number of aromatic nitrogens is 1. The van der Waals surface area contributed by atoms with Crippen LogP contribution in [0.15, 0.2) is 220 Å². The molecule has 0 aliphatic heterocycles. The van der Waals surface area contributed by atoms with E-state index in [9.17, 15) is 0 Å². The van der Waals surface area contributed by atoms with Crippen molar-refractivity contribution in [2.24, 2.45) is 0 Å². The number of furan rings is 2. The SMILES string of the molecule is c1ccc(-c2ccc(N(c3ccc(-c4cccc5c4oc4ccccc45)cc3)c3cccc(-c4cccc5c4oc4ccc6nc(-c7ccccc7)oc6c45)c3)cc2)cc1. The lowest BCUT2D eigenvalue weighted by molar-refractivity contribution is 0.622. The Kier molecular flexibility index (Phi) is 7.78. The molecule has 0 saturated carbocycles. The van der Waals surface area contributed by atoms with Crippen molar-refractivity contribution >= 4 is 72.0 Å². The fourth-order valence-electron chi connectivity index (χ4n) is 8.66. The third-order valence-corrected chi connectivity index (χ3v) is 11.5. The number of nitrogens with zero attached hydrogens (tertiary/aromatic N) is 2. The van der Waals surface area contributed by atoms with E-state index < -0.39 is 0 Å². The highest BCUT2D eigenvalue weighted by molar-refractivity contribution is 6.18. The Morgan fingerprint density at radius 2 is 0.900 bits per heavy atom. The summed E-state index contributed by atoms with van der Waals surface area (Å²) in [6, 6.07) is 71.6. The highest BCUT2D eigenvalue weighted by Crippen LogP contribution is 2.43. The second kappa shape index (κ2) is 13.8. The summed E-state index contributed by atoms with van der Waals surface area (Å²) in [5.74, 6) is 0.591. The summed E-state index contributed by atoms with van der Waals surface area (Å²) in [5.41, 5.74) is 15.4. The Morgan fingerprint density at radius 1 is 0.333 bits per heavy atom. The Labute approximate surface area is 345 Å². The summed E-state index contributed by atoms with van der Waals surface area (Å²) in [7, 11) is 0. The number of hydrogen-bond acceptors (Lipinski definition) is 5. The third kappa shape index (κ3) is 5.59. The minimum Gasteiger partial charge on any atom is -0.455 e. The van der Waals surface area contributed by atoms with Crippen LogP contribution in [0.1, 0.15) is 0 Å². The molecule has 0 aliphatic carbocycles. The smallest absolute Gasteiger partial charge is 0.227 e. The third-order valence-electron chi connectivity index (χ3n) is 11.5. The van der Waals surface area contributed by atoms with Crippen LogP contribution in [0.2, 0.25) is 0 Å². The topological polar surface area (TPSA) is 55.6 Å². The molecule has 0 unspecified atom stereocenters. The van der Waals surface area contributed by atoms with Crippen molar-refractivity contribution in [2.45, 2.75) is 0 Å². The second-order valence-corrected chi connectivity index (χ2v) is 15.1. The fourth-order valence-corrected chi connectivity index (χ4v) is 8.66. The highest BCUT2D eigenvalue weighted by Gasteiger charge is 2.21. The highest BCUT2D eigenvalue weighted by atomic mass is 16.4. The van der Waals surface area contributed by atoms with Gasteiger partial charge in [-0.05, 0) is 89.0 Å². The van der Waals surface area contributed by atoms with Gasteiger partial charge < -0.3 is 18.2 Å². The van der Waals surface area contributed by atoms with E-state index in [0.717, 1.165) is 105 Å². The maximum Gasteiger partial charge on any atom is 0.227 e. The van der Waals surface area contributed by atoms with Gasteiger partial charge in [-0.2, -0.15) is 0 Å². The zero-order chi connectivity index (χ0) is 39.6. The molecule has 0 spiro atoms. The van der Waals surface area contributed by atoms with Gasteiger partial charge in [-0.1, -0.05) is 140 Å². The maximum absolute atomic E-state index is 6.68. The van der Waals surface area contributed by atoms with Gasteiger partial charge in [0, 0.05) is 49.9 Å². The lowest BCUT2D eigenvalue weighted by atomic mass is 10.00. The van der Waals surface area contributed by atoms with Gasteiger partial charge in [0.05, 0.1) is 5.39 Å². The predicted molar refractivity (Wildman–Crippen MR) is 245 cm³/mol. The van der Waals surface area contributed by atoms with E-state index in [4.69, 9.17) is 18.2 Å². The molecular weight excluding hydrogens is 737 g/mol. The molecule has 0 aliphatic rings. The molecule has 5 nitrogen and oxygen atoms in total. The first kappa shape index (κ1) is 33.9. The molecule has 0 atom stereocenters. The Morgan fingerprint density at radius 3 is 1.67 bits per heavy atom. The quantitative estimate of drug-likeness (QED) is 0.162. The molecule has 282 valence electrons. The molecule has 9 aromatic carbocycles. The molecule has 5 heteroatoms. The molecular formula is C55H34N2O3. The molecule has 0 amide bonds. The summed E-state index contributed by atoms with van der Waals surface area (Å²) in [6.07, 6.45) is 0. The summed E-state index contributed by atoms with van der Waals surface area (Å²) in [4.78, 5) is 7.15. The number of benzene rings is 9. The number of hydrogen-bond donors (Lipinski definition) is 0. The zero-order valence-electron chi connectivity index (χ0n) is 32.2. The maximum atomic E-state index is 6.68. The van der Waals surface area contributed by atoms with E-state index in [2.05, 4.69) is 150 Å². The van der Waals surface area contributed by atoms with Crippen LogP contribution in [0.25, 0.3) is 99.8 Å². The van der Waals surface area contributed by atoms with Gasteiger partial charge in [0.25, 0.3) is 0 Å². The first-order valence-electron chi connectivity index (χ1n) is 20.1. The van der Waals surface area contributed by atoms with Crippen molar-refractivity contribution in [1.82, 2.24) is 4.98 Å². The van der Waals surface area contributed by atoms with E-state index in [-0.39, 0.29) is 0 Å².